The van der Waals surface area contributed by atoms with Crippen molar-refractivity contribution >= 4 is 47.6 Å². The zero-order valence-electron chi connectivity index (χ0n) is 13.4. The Bertz CT molecular complexity index is 1210. The van der Waals surface area contributed by atoms with Crippen LogP contribution in [0, 0.1) is 0 Å². The van der Waals surface area contributed by atoms with Crippen LogP contribution in [0.1, 0.15) is 6.92 Å². The van der Waals surface area contributed by atoms with E-state index in [4.69, 9.17) is 4.42 Å². The first-order valence-corrected chi connectivity index (χ1v) is 10.2. The Hall–Kier alpha value is -2.18. The van der Waals surface area contributed by atoms with E-state index < -0.39 is 9.84 Å². The highest BCUT2D eigenvalue weighted by Gasteiger charge is 2.15. The molecule has 0 unspecified atom stereocenters. The van der Waals surface area contributed by atoms with Gasteiger partial charge in [0.15, 0.2) is 15.4 Å². The van der Waals surface area contributed by atoms with Crippen LogP contribution >= 0.6 is 15.9 Å². The average molecular weight is 416 g/mol. The van der Waals surface area contributed by atoms with E-state index in [1.165, 1.54) is 0 Å². The summed E-state index contributed by atoms with van der Waals surface area (Å²) in [6, 6.07) is 16.8. The third-order valence-corrected chi connectivity index (χ3v) is 6.37. The Kier molecular flexibility index (Phi) is 3.89. The normalized spacial score (nSPS) is 12.1. The average Bonchev–Trinajstić information content (AvgIpc) is 3.04. The van der Waals surface area contributed by atoms with E-state index in [9.17, 15) is 8.42 Å². The van der Waals surface area contributed by atoms with E-state index in [0.717, 1.165) is 20.8 Å². The van der Waals surface area contributed by atoms with Crippen molar-refractivity contribution in [2.24, 2.45) is 0 Å². The van der Waals surface area contributed by atoms with Gasteiger partial charge in [-0.05, 0) is 53.2 Å². The summed E-state index contributed by atoms with van der Waals surface area (Å²) in [5, 5.41) is 2.20. The summed E-state index contributed by atoms with van der Waals surface area (Å²) in [4.78, 5) is 4.74. The van der Waals surface area contributed by atoms with Gasteiger partial charge in [-0.3, -0.25) is 0 Å². The fourth-order valence-corrected chi connectivity index (χ4v) is 4.02. The van der Waals surface area contributed by atoms with Crippen molar-refractivity contribution in [3.63, 3.8) is 0 Å². The molecule has 0 radical (unpaired) electrons. The highest BCUT2D eigenvalue weighted by Crippen LogP contribution is 2.29. The molecule has 126 valence electrons. The van der Waals surface area contributed by atoms with Crippen molar-refractivity contribution in [1.82, 2.24) is 4.98 Å². The molecule has 1 heterocycles. The number of aromatic nitrogens is 1. The van der Waals surface area contributed by atoms with Crippen LogP contribution in [-0.2, 0) is 9.84 Å². The predicted molar refractivity (Wildman–Crippen MR) is 102 cm³/mol. The number of rotatable bonds is 3. The monoisotopic (exact) mass is 415 g/mol. The minimum atomic E-state index is -3.26. The van der Waals surface area contributed by atoms with Crippen LogP contribution in [0.15, 0.2) is 68.4 Å². The molecule has 0 saturated heterocycles. The van der Waals surface area contributed by atoms with Gasteiger partial charge in [-0.1, -0.05) is 35.0 Å². The molecule has 4 aromatic rings. The zero-order valence-corrected chi connectivity index (χ0v) is 15.8. The lowest BCUT2D eigenvalue weighted by Crippen LogP contribution is -2.03. The first-order chi connectivity index (χ1) is 12.0. The van der Waals surface area contributed by atoms with E-state index in [-0.39, 0.29) is 10.6 Å². The Morgan fingerprint density at radius 2 is 1.76 bits per heavy atom. The molecular formula is C19H14BrNO3S. The van der Waals surface area contributed by atoms with Crippen molar-refractivity contribution in [3.8, 4) is 11.5 Å². The lowest BCUT2D eigenvalue weighted by atomic mass is 10.1. The summed E-state index contributed by atoms with van der Waals surface area (Å²) < 4.78 is 30.9. The Morgan fingerprint density at radius 1 is 1.00 bits per heavy atom. The lowest BCUT2D eigenvalue weighted by Gasteiger charge is -2.01. The van der Waals surface area contributed by atoms with Crippen molar-refractivity contribution < 1.29 is 12.8 Å². The van der Waals surface area contributed by atoms with Crippen molar-refractivity contribution in [2.45, 2.75) is 11.8 Å². The van der Waals surface area contributed by atoms with Crippen LogP contribution in [0.3, 0.4) is 0 Å². The number of fused-ring (bicyclic) bond motifs is 2. The summed E-state index contributed by atoms with van der Waals surface area (Å²) in [7, 11) is -3.26. The number of benzene rings is 3. The molecule has 0 amide bonds. The molecule has 6 heteroatoms. The quantitative estimate of drug-likeness (QED) is 0.460. The molecule has 1 aromatic heterocycles. The molecule has 0 N–H and O–H groups in total. The van der Waals surface area contributed by atoms with Gasteiger partial charge in [0.2, 0.25) is 5.89 Å². The second-order valence-electron chi connectivity index (χ2n) is 5.76. The minimum absolute atomic E-state index is 0.0590. The lowest BCUT2D eigenvalue weighted by molar-refractivity contribution is 0.597. The van der Waals surface area contributed by atoms with Crippen LogP contribution in [0.25, 0.3) is 33.3 Å². The summed E-state index contributed by atoms with van der Waals surface area (Å²) in [6.45, 7) is 1.63. The van der Waals surface area contributed by atoms with E-state index in [1.807, 2.05) is 36.4 Å². The number of sulfone groups is 1. The third kappa shape index (κ3) is 2.96. The highest BCUT2D eigenvalue weighted by atomic mass is 79.9. The van der Waals surface area contributed by atoms with Crippen LogP contribution < -0.4 is 0 Å². The molecule has 0 spiro atoms. The standard InChI is InChI=1S/C19H14BrNO3S/c1-2-25(22,23)16-7-8-18-17(11-16)21-19(24-18)14-4-3-13-10-15(20)6-5-12(13)9-14/h3-11H,2H2,1H3. The fourth-order valence-electron chi connectivity index (χ4n) is 2.74. The van der Waals surface area contributed by atoms with Crippen molar-refractivity contribution in [3.05, 3.63) is 59.1 Å². The van der Waals surface area contributed by atoms with Crippen LogP contribution in [0.5, 0.6) is 0 Å². The molecular weight excluding hydrogens is 402 g/mol. The summed E-state index contributed by atoms with van der Waals surface area (Å²) in [5.41, 5.74) is 1.97. The molecule has 0 aliphatic heterocycles. The zero-order chi connectivity index (χ0) is 17.6. The minimum Gasteiger partial charge on any atom is -0.436 e. The Labute approximate surface area is 153 Å². The van der Waals surface area contributed by atoms with Gasteiger partial charge in [-0.2, -0.15) is 0 Å². The smallest absolute Gasteiger partial charge is 0.227 e. The molecule has 3 aromatic carbocycles. The van der Waals surface area contributed by atoms with Gasteiger partial charge in [0.1, 0.15) is 5.52 Å². The Morgan fingerprint density at radius 3 is 2.56 bits per heavy atom. The van der Waals surface area contributed by atoms with E-state index in [2.05, 4.69) is 20.9 Å². The van der Waals surface area contributed by atoms with Crippen molar-refractivity contribution in [1.29, 1.82) is 0 Å². The number of oxazole rings is 1. The largest absolute Gasteiger partial charge is 0.436 e. The maximum atomic E-state index is 12.0. The third-order valence-electron chi connectivity index (χ3n) is 4.15. The van der Waals surface area contributed by atoms with Gasteiger partial charge in [-0.15, -0.1) is 0 Å². The summed E-state index contributed by atoms with van der Waals surface area (Å²) >= 11 is 3.47. The second kappa shape index (κ2) is 5.97. The molecule has 0 aliphatic rings. The van der Waals surface area contributed by atoms with E-state index in [1.54, 1.807) is 25.1 Å². The van der Waals surface area contributed by atoms with Gasteiger partial charge in [0.25, 0.3) is 0 Å². The number of hydrogen-bond acceptors (Lipinski definition) is 4. The second-order valence-corrected chi connectivity index (χ2v) is 8.95. The molecule has 4 nitrogen and oxygen atoms in total. The van der Waals surface area contributed by atoms with Crippen molar-refractivity contribution in [2.75, 3.05) is 5.75 Å². The summed E-state index contributed by atoms with van der Waals surface area (Å²) in [6.07, 6.45) is 0. The molecule has 0 saturated carbocycles. The predicted octanol–water partition coefficient (Wildman–Crippen LogP) is 5.20. The number of nitrogens with zero attached hydrogens (tertiary/aromatic N) is 1. The molecule has 0 bridgehead atoms. The van der Waals surface area contributed by atoms with E-state index >= 15 is 0 Å². The van der Waals surface area contributed by atoms with Gasteiger partial charge >= 0.3 is 0 Å². The number of halogens is 1. The first kappa shape index (κ1) is 16.3. The number of hydrogen-bond donors (Lipinski definition) is 0. The maximum absolute atomic E-state index is 12.0. The van der Waals surface area contributed by atoms with E-state index in [0.29, 0.717) is 17.0 Å². The van der Waals surface area contributed by atoms with Gasteiger partial charge in [0.05, 0.1) is 10.6 Å². The van der Waals surface area contributed by atoms with Crippen LogP contribution in [0.2, 0.25) is 0 Å². The van der Waals surface area contributed by atoms with Crippen LogP contribution in [0.4, 0.5) is 0 Å². The van der Waals surface area contributed by atoms with Gasteiger partial charge in [-0.25, -0.2) is 13.4 Å². The SMILES string of the molecule is CCS(=O)(=O)c1ccc2oc(-c3ccc4cc(Br)ccc4c3)nc2c1. The van der Waals surface area contributed by atoms with Gasteiger partial charge in [0, 0.05) is 10.0 Å². The fraction of sp³-hybridized carbons (Fsp3) is 0.105. The summed E-state index contributed by atoms with van der Waals surface area (Å²) in [5.74, 6) is 0.537. The highest BCUT2D eigenvalue weighted by molar-refractivity contribution is 9.10. The van der Waals surface area contributed by atoms with Crippen LogP contribution in [-0.4, -0.2) is 19.2 Å². The maximum Gasteiger partial charge on any atom is 0.227 e. The Balaban J connectivity index is 1.83. The molecule has 0 aliphatic carbocycles. The first-order valence-electron chi connectivity index (χ1n) is 7.79. The molecule has 0 fully saturated rings. The molecule has 4 rings (SSSR count). The molecule has 0 atom stereocenters. The topological polar surface area (TPSA) is 60.2 Å². The van der Waals surface area contributed by atoms with Gasteiger partial charge < -0.3 is 4.42 Å². The molecule has 25 heavy (non-hydrogen) atoms.